The Morgan fingerprint density at radius 3 is 2.57 bits per heavy atom. The molecule has 0 bridgehead atoms. The molecule has 0 amide bonds. The molecule has 0 spiro atoms. The fourth-order valence-corrected chi connectivity index (χ4v) is 3.64. The standard InChI is InChI=1S/C18H27ClFN/c1-2-12-21-18(14-8-5-3-4-6-9-14)13-15-16(19)10-7-11-17(15)20/h7,10-11,14,18,21H,2-6,8-9,12-13H2,1H3. The van der Waals surface area contributed by atoms with Crippen LogP contribution < -0.4 is 5.32 Å². The zero-order chi connectivity index (χ0) is 15.1. The smallest absolute Gasteiger partial charge is 0.127 e. The predicted molar refractivity (Wildman–Crippen MR) is 88.4 cm³/mol. The molecule has 1 aliphatic carbocycles. The van der Waals surface area contributed by atoms with Crippen LogP contribution in [0.1, 0.15) is 57.4 Å². The molecule has 1 nitrogen and oxygen atoms in total. The minimum absolute atomic E-state index is 0.167. The van der Waals surface area contributed by atoms with Crippen LogP contribution >= 0.6 is 11.6 Å². The predicted octanol–water partition coefficient (Wildman–Crippen LogP) is 5.36. The monoisotopic (exact) mass is 311 g/mol. The highest BCUT2D eigenvalue weighted by Crippen LogP contribution is 2.29. The Kier molecular flexibility index (Phi) is 6.98. The van der Waals surface area contributed by atoms with Gasteiger partial charge in [-0.25, -0.2) is 4.39 Å². The number of benzene rings is 1. The lowest BCUT2D eigenvalue weighted by atomic mass is 9.87. The van der Waals surface area contributed by atoms with Crippen molar-refractivity contribution in [1.82, 2.24) is 5.32 Å². The van der Waals surface area contributed by atoms with Crippen molar-refractivity contribution in [3.63, 3.8) is 0 Å². The van der Waals surface area contributed by atoms with Crippen LogP contribution in [-0.4, -0.2) is 12.6 Å². The topological polar surface area (TPSA) is 12.0 Å². The van der Waals surface area contributed by atoms with Gasteiger partial charge in [0.1, 0.15) is 5.82 Å². The first kappa shape index (κ1) is 16.8. The summed E-state index contributed by atoms with van der Waals surface area (Å²) in [6, 6.07) is 5.34. The third-order valence-corrected chi connectivity index (χ3v) is 4.97. The van der Waals surface area contributed by atoms with Crippen molar-refractivity contribution in [1.29, 1.82) is 0 Å². The van der Waals surface area contributed by atoms with Crippen molar-refractivity contribution in [2.45, 2.75) is 64.3 Å². The Bertz CT molecular complexity index is 407. The highest BCUT2D eigenvalue weighted by atomic mass is 35.5. The zero-order valence-corrected chi connectivity index (χ0v) is 13.8. The Balaban J connectivity index is 2.11. The first-order valence-corrected chi connectivity index (χ1v) is 8.76. The molecule has 0 saturated heterocycles. The zero-order valence-electron chi connectivity index (χ0n) is 13.0. The Labute approximate surface area is 133 Å². The van der Waals surface area contributed by atoms with Crippen molar-refractivity contribution in [3.8, 4) is 0 Å². The molecule has 1 aromatic carbocycles. The largest absolute Gasteiger partial charge is 0.313 e. The van der Waals surface area contributed by atoms with Crippen molar-refractivity contribution in [2.24, 2.45) is 5.92 Å². The van der Waals surface area contributed by atoms with Gasteiger partial charge >= 0.3 is 0 Å². The Morgan fingerprint density at radius 2 is 1.95 bits per heavy atom. The maximum absolute atomic E-state index is 14.1. The lowest BCUT2D eigenvalue weighted by molar-refractivity contribution is 0.315. The van der Waals surface area contributed by atoms with Gasteiger partial charge in [-0.2, -0.15) is 0 Å². The summed E-state index contributed by atoms with van der Waals surface area (Å²) in [7, 11) is 0. The van der Waals surface area contributed by atoms with Crippen LogP contribution in [0.3, 0.4) is 0 Å². The molecule has 1 aliphatic rings. The highest BCUT2D eigenvalue weighted by molar-refractivity contribution is 6.31. The minimum Gasteiger partial charge on any atom is -0.313 e. The van der Waals surface area contributed by atoms with E-state index < -0.39 is 0 Å². The number of halogens is 2. The van der Waals surface area contributed by atoms with E-state index in [1.54, 1.807) is 12.1 Å². The van der Waals surface area contributed by atoms with Crippen LogP contribution in [0.15, 0.2) is 18.2 Å². The van der Waals surface area contributed by atoms with Gasteiger partial charge in [0.05, 0.1) is 0 Å². The van der Waals surface area contributed by atoms with Crippen molar-refractivity contribution < 1.29 is 4.39 Å². The van der Waals surface area contributed by atoms with Gasteiger partial charge in [-0.3, -0.25) is 0 Å². The summed E-state index contributed by atoms with van der Waals surface area (Å²) < 4.78 is 14.1. The average Bonchev–Trinajstić information content (AvgIpc) is 2.75. The SMILES string of the molecule is CCCNC(Cc1c(F)cccc1Cl)C1CCCCCC1. The molecule has 1 saturated carbocycles. The summed E-state index contributed by atoms with van der Waals surface area (Å²) in [5.41, 5.74) is 0.678. The molecule has 3 heteroatoms. The number of rotatable bonds is 6. The molecule has 2 rings (SSSR count). The molecule has 118 valence electrons. The summed E-state index contributed by atoms with van der Waals surface area (Å²) >= 11 is 6.21. The van der Waals surface area contributed by atoms with E-state index in [4.69, 9.17) is 11.6 Å². The first-order valence-electron chi connectivity index (χ1n) is 8.38. The van der Waals surface area contributed by atoms with Crippen LogP contribution in [0.2, 0.25) is 5.02 Å². The summed E-state index contributed by atoms with van der Waals surface area (Å²) in [6.07, 6.45) is 9.63. The fourth-order valence-electron chi connectivity index (χ4n) is 3.40. The average molecular weight is 312 g/mol. The van der Waals surface area contributed by atoms with E-state index in [9.17, 15) is 4.39 Å². The molecule has 1 unspecified atom stereocenters. The van der Waals surface area contributed by atoms with Crippen molar-refractivity contribution in [3.05, 3.63) is 34.6 Å². The van der Waals surface area contributed by atoms with E-state index in [1.165, 1.54) is 44.6 Å². The van der Waals surface area contributed by atoms with E-state index in [2.05, 4.69) is 12.2 Å². The molecule has 21 heavy (non-hydrogen) atoms. The lowest BCUT2D eigenvalue weighted by Gasteiger charge is -2.28. The molecule has 0 heterocycles. The van der Waals surface area contributed by atoms with Crippen molar-refractivity contribution >= 4 is 11.6 Å². The highest BCUT2D eigenvalue weighted by Gasteiger charge is 2.24. The second-order valence-corrected chi connectivity index (χ2v) is 6.62. The number of nitrogens with one attached hydrogen (secondary N) is 1. The maximum Gasteiger partial charge on any atom is 0.127 e. The lowest BCUT2D eigenvalue weighted by Crippen LogP contribution is -2.38. The maximum atomic E-state index is 14.1. The quantitative estimate of drug-likeness (QED) is 0.697. The van der Waals surface area contributed by atoms with E-state index in [0.717, 1.165) is 13.0 Å². The summed E-state index contributed by atoms with van der Waals surface area (Å²) in [6.45, 7) is 3.17. The van der Waals surface area contributed by atoms with Gasteiger partial charge in [0.15, 0.2) is 0 Å². The second kappa shape index (κ2) is 8.75. The fraction of sp³-hybridized carbons (Fsp3) is 0.667. The molecule has 0 aliphatic heterocycles. The second-order valence-electron chi connectivity index (χ2n) is 6.22. The summed E-state index contributed by atoms with van der Waals surface area (Å²) in [5.74, 6) is 0.481. The van der Waals surface area contributed by atoms with Crippen LogP contribution in [0.5, 0.6) is 0 Å². The van der Waals surface area contributed by atoms with Crippen LogP contribution in [0, 0.1) is 11.7 Å². The van der Waals surface area contributed by atoms with Crippen LogP contribution in [0.25, 0.3) is 0 Å². The molecular formula is C18H27ClFN. The molecule has 1 fully saturated rings. The molecule has 0 radical (unpaired) electrons. The van der Waals surface area contributed by atoms with Gasteiger partial charge in [-0.15, -0.1) is 0 Å². The molecule has 1 atom stereocenters. The van der Waals surface area contributed by atoms with E-state index in [1.807, 2.05) is 0 Å². The molecule has 1 aromatic rings. The number of hydrogen-bond acceptors (Lipinski definition) is 1. The van der Waals surface area contributed by atoms with Crippen LogP contribution in [-0.2, 0) is 6.42 Å². The molecule has 1 N–H and O–H groups in total. The number of hydrogen-bond donors (Lipinski definition) is 1. The van der Waals surface area contributed by atoms with Gasteiger partial charge in [0.2, 0.25) is 0 Å². The summed E-state index contributed by atoms with van der Waals surface area (Å²) in [5, 5.41) is 4.21. The van der Waals surface area contributed by atoms with E-state index >= 15 is 0 Å². The Hall–Kier alpha value is -0.600. The van der Waals surface area contributed by atoms with E-state index in [-0.39, 0.29) is 5.82 Å². The Morgan fingerprint density at radius 1 is 1.24 bits per heavy atom. The first-order chi connectivity index (χ1) is 10.2. The van der Waals surface area contributed by atoms with Gasteiger partial charge in [0, 0.05) is 16.6 Å². The third-order valence-electron chi connectivity index (χ3n) is 4.61. The van der Waals surface area contributed by atoms with Gasteiger partial charge in [-0.1, -0.05) is 50.3 Å². The minimum atomic E-state index is -0.167. The normalized spacial score (nSPS) is 18.4. The van der Waals surface area contributed by atoms with Gasteiger partial charge in [-0.05, 0) is 50.3 Å². The van der Waals surface area contributed by atoms with E-state index in [0.29, 0.717) is 29.0 Å². The van der Waals surface area contributed by atoms with Gasteiger partial charge in [0.25, 0.3) is 0 Å². The summed E-state index contributed by atoms with van der Waals surface area (Å²) in [4.78, 5) is 0. The van der Waals surface area contributed by atoms with Gasteiger partial charge < -0.3 is 5.32 Å². The van der Waals surface area contributed by atoms with Crippen LogP contribution in [0.4, 0.5) is 4.39 Å². The molecule has 0 aromatic heterocycles. The van der Waals surface area contributed by atoms with Crippen molar-refractivity contribution in [2.75, 3.05) is 6.54 Å². The third kappa shape index (κ3) is 4.96. The molecular weight excluding hydrogens is 285 g/mol.